The van der Waals surface area contributed by atoms with Crippen molar-refractivity contribution >= 4 is 17.5 Å². The minimum Gasteiger partial charge on any atom is -0.341 e. The molecular weight excluding hydrogens is 290 g/mol. The van der Waals surface area contributed by atoms with Gasteiger partial charge in [-0.3, -0.25) is 9.59 Å². The molecule has 0 radical (unpaired) electrons. The first-order valence-electron chi connectivity index (χ1n) is 6.58. The van der Waals surface area contributed by atoms with Crippen LogP contribution in [0.15, 0.2) is 48.5 Å². The lowest BCUT2D eigenvalue weighted by molar-refractivity contribution is -0.117. The molecule has 2 N–H and O–H groups in total. The number of carbonyl (C=O) groups is 2. The van der Waals surface area contributed by atoms with Crippen molar-refractivity contribution in [3.05, 3.63) is 65.7 Å². The number of nitrogens with one attached hydrogen (secondary N) is 2. The summed E-state index contributed by atoms with van der Waals surface area (Å²) in [5.41, 5.74) is 0.678. The molecule has 2 aromatic carbocycles. The third kappa shape index (κ3) is 4.12. The van der Waals surface area contributed by atoms with Crippen molar-refractivity contribution in [3.63, 3.8) is 0 Å². The maximum Gasteiger partial charge on any atom is 0.251 e. The van der Waals surface area contributed by atoms with Crippen molar-refractivity contribution in [1.82, 2.24) is 5.32 Å². The van der Waals surface area contributed by atoms with E-state index >= 15 is 0 Å². The van der Waals surface area contributed by atoms with E-state index in [9.17, 15) is 18.4 Å². The van der Waals surface area contributed by atoms with Gasteiger partial charge in [0, 0.05) is 11.3 Å². The van der Waals surface area contributed by atoms with Crippen LogP contribution in [0.3, 0.4) is 0 Å². The van der Waals surface area contributed by atoms with E-state index in [1.807, 2.05) is 0 Å². The number of anilines is 1. The Kier molecular flexibility index (Phi) is 4.83. The van der Waals surface area contributed by atoms with Gasteiger partial charge in [0.2, 0.25) is 5.91 Å². The summed E-state index contributed by atoms with van der Waals surface area (Å²) >= 11 is 0. The topological polar surface area (TPSA) is 58.2 Å². The van der Waals surface area contributed by atoms with E-state index in [1.54, 1.807) is 0 Å². The third-order valence-corrected chi connectivity index (χ3v) is 2.96. The van der Waals surface area contributed by atoms with Gasteiger partial charge in [-0.25, -0.2) is 8.78 Å². The second-order valence-corrected chi connectivity index (χ2v) is 4.70. The van der Waals surface area contributed by atoms with Crippen LogP contribution in [0.2, 0.25) is 0 Å². The molecule has 0 aliphatic rings. The Balaban J connectivity index is 1.94. The number of halogens is 2. The van der Waals surface area contributed by atoms with Crippen LogP contribution in [0.1, 0.15) is 17.3 Å². The molecule has 0 fully saturated rings. The lowest BCUT2D eigenvalue weighted by Gasteiger charge is -2.14. The Morgan fingerprint density at radius 1 is 0.909 bits per heavy atom. The summed E-state index contributed by atoms with van der Waals surface area (Å²) in [6.07, 6.45) is 0. The number of hydrogen-bond acceptors (Lipinski definition) is 2. The smallest absolute Gasteiger partial charge is 0.251 e. The van der Waals surface area contributed by atoms with Crippen molar-refractivity contribution in [3.8, 4) is 0 Å². The second kappa shape index (κ2) is 6.80. The minimum atomic E-state index is -0.803. The van der Waals surface area contributed by atoms with Crippen LogP contribution in [0.5, 0.6) is 0 Å². The molecule has 4 nitrogen and oxygen atoms in total. The summed E-state index contributed by atoms with van der Waals surface area (Å²) in [6, 6.07) is 9.46. The summed E-state index contributed by atoms with van der Waals surface area (Å²) in [4.78, 5) is 23.8. The molecule has 0 spiro atoms. The maximum atomic E-state index is 12.8. The zero-order valence-corrected chi connectivity index (χ0v) is 11.8. The quantitative estimate of drug-likeness (QED) is 0.912. The highest BCUT2D eigenvalue weighted by atomic mass is 19.1. The van der Waals surface area contributed by atoms with Crippen LogP contribution in [0.25, 0.3) is 0 Å². The summed E-state index contributed by atoms with van der Waals surface area (Å²) in [5.74, 6) is -1.78. The summed E-state index contributed by atoms with van der Waals surface area (Å²) in [6.45, 7) is 1.51. The monoisotopic (exact) mass is 304 g/mol. The van der Waals surface area contributed by atoms with Crippen molar-refractivity contribution < 1.29 is 18.4 Å². The van der Waals surface area contributed by atoms with Gasteiger partial charge < -0.3 is 10.6 Å². The van der Waals surface area contributed by atoms with Crippen LogP contribution >= 0.6 is 0 Å². The molecule has 1 atom stereocenters. The van der Waals surface area contributed by atoms with Crippen LogP contribution in [0, 0.1) is 11.6 Å². The Morgan fingerprint density at radius 2 is 1.41 bits per heavy atom. The van der Waals surface area contributed by atoms with Crippen molar-refractivity contribution in [2.45, 2.75) is 13.0 Å². The molecule has 0 saturated heterocycles. The standard InChI is InChI=1S/C16H14F2N2O2/c1-10(15(21)20-14-8-6-13(18)7-9-14)19-16(22)11-2-4-12(17)5-3-11/h2-10H,1H3,(H,19,22)(H,20,21). The largest absolute Gasteiger partial charge is 0.341 e. The molecule has 0 aliphatic heterocycles. The highest BCUT2D eigenvalue weighted by Gasteiger charge is 2.16. The third-order valence-electron chi connectivity index (χ3n) is 2.96. The van der Waals surface area contributed by atoms with Gasteiger partial charge in [-0.05, 0) is 55.5 Å². The maximum absolute atomic E-state index is 12.8. The lowest BCUT2D eigenvalue weighted by atomic mass is 10.2. The number of rotatable bonds is 4. The first-order chi connectivity index (χ1) is 10.5. The summed E-state index contributed by atoms with van der Waals surface area (Å²) in [7, 11) is 0. The van der Waals surface area contributed by atoms with E-state index in [0.29, 0.717) is 5.69 Å². The van der Waals surface area contributed by atoms with Gasteiger partial charge in [-0.2, -0.15) is 0 Å². The Labute approximate surface area is 126 Å². The average molecular weight is 304 g/mol. The molecule has 0 bridgehead atoms. The zero-order chi connectivity index (χ0) is 16.1. The first kappa shape index (κ1) is 15.6. The van der Waals surface area contributed by atoms with E-state index in [2.05, 4.69) is 10.6 Å². The molecular formula is C16H14F2N2O2. The van der Waals surface area contributed by atoms with E-state index in [4.69, 9.17) is 0 Å². The predicted molar refractivity (Wildman–Crippen MR) is 78.4 cm³/mol. The van der Waals surface area contributed by atoms with Crippen LogP contribution in [-0.2, 0) is 4.79 Å². The Hall–Kier alpha value is -2.76. The molecule has 0 saturated carbocycles. The molecule has 2 amide bonds. The van der Waals surface area contributed by atoms with Gasteiger partial charge in [0.05, 0.1) is 0 Å². The van der Waals surface area contributed by atoms with Crippen LogP contribution in [-0.4, -0.2) is 17.9 Å². The summed E-state index contributed by atoms with van der Waals surface area (Å²) in [5, 5.41) is 5.05. The molecule has 2 rings (SSSR count). The number of benzene rings is 2. The molecule has 1 unspecified atom stereocenters. The number of hydrogen-bond donors (Lipinski definition) is 2. The Bertz CT molecular complexity index is 670. The zero-order valence-electron chi connectivity index (χ0n) is 11.8. The fourth-order valence-electron chi connectivity index (χ4n) is 1.73. The van der Waals surface area contributed by atoms with Gasteiger partial charge in [-0.15, -0.1) is 0 Å². The fraction of sp³-hybridized carbons (Fsp3) is 0.125. The van der Waals surface area contributed by atoms with Gasteiger partial charge in [-0.1, -0.05) is 0 Å². The SMILES string of the molecule is CC(NC(=O)c1ccc(F)cc1)C(=O)Nc1ccc(F)cc1. The van der Waals surface area contributed by atoms with E-state index in [1.165, 1.54) is 43.3 Å². The van der Waals surface area contributed by atoms with Gasteiger partial charge in [0.15, 0.2) is 0 Å². The molecule has 114 valence electrons. The molecule has 0 heterocycles. The fourth-order valence-corrected chi connectivity index (χ4v) is 1.73. The molecule has 0 aliphatic carbocycles. The van der Waals surface area contributed by atoms with Crippen molar-refractivity contribution in [1.29, 1.82) is 0 Å². The summed E-state index contributed by atoms with van der Waals surface area (Å²) < 4.78 is 25.6. The van der Waals surface area contributed by atoms with Gasteiger partial charge >= 0.3 is 0 Å². The van der Waals surface area contributed by atoms with Crippen LogP contribution in [0.4, 0.5) is 14.5 Å². The molecule has 0 aromatic heterocycles. The van der Waals surface area contributed by atoms with E-state index in [0.717, 1.165) is 12.1 Å². The molecule has 2 aromatic rings. The van der Waals surface area contributed by atoms with E-state index < -0.39 is 29.5 Å². The molecule has 22 heavy (non-hydrogen) atoms. The van der Waals surface area contributed by atoms with Gasteiger partial charge in [0.25, 0.3) is 5.91 Å². The normalized spacial score (nSPS) is 11.6. The minimum absolute atomic E-state index is 0.253. The average Bonchev–Trinajstić information content (AvgIpc) is 2.50. The number of amides is 2. The van der Waals surface area contributed by atoms with Gasteiger partial charge in [0.1, 0.15) is 17.7 Å². The molecule has 6 heteroatoms. The Morgan fingerprint density at radius 3 is 1.95 bits per heavy atom. The van der Waals surface area contributed by atoms with Crippen molar-refractivity contribution in [2.75, 3.05) is 5.32 Å². The van der Waals surface area contributed by atoms with Crippen molar-refractivity contribution in [2.24, 2.45) is 0 Å². The highest BCUT2D eigenvalue weighted by molar-refractivity contribution is 6.00. The predicted octanol–water partition coefficient (Wildman–Crippen LogP) is 2.72. The highest BCUT2D eigenvalue weighted by Crippen LogP contribution is 2.09. The first-order valence-corrected chi connectivity index (χ1v) is 6.58. The van der Waals surface area contributed by atoms with Crippen LogP contribution < -0.4 is 10.6 Å². The number of carbonyl (C=O) groups excluding carboxylic acids is 2. The second-order valence-electron chi connectivity index (χ2n) is 4.70. The van der Waals surface area contributed by atoms with E-state index in [-0.39, 0.29) is 5.56 Å². The lowest BCUT2D eigenvalue weighted by Crippen LogP contribution is -2.41.